The number of hydrogen-bond acceptors (Lipinski definition) is 4. The molecule has 8 heteroatoms. The van der Waals surface area contributed by atoms with E-state index in [9.17, 15) is 8.78 Å². The summed E-state index contributed by atoms with van der Waals surface area (Å²) >= 11 is 0. The third-order valence-corrected chi connectivity index (χ3v) is 7.42. The summed E-state index contributed by atoms with van der Waals surface area (Å²) in [5.74, 6) is -0.452. The average Bonchev–Trinajstić information content (AvgIpc) is 3.37. The molecule has 0 bridgehead atoms. The Hall–Kier alpha value is -3.10. The summed E-state index contributed by atoms with van der Waals surface area (Å²) in [6.45, 7) is 3.12. The number of piperidine rings is 2. The molecule has 3 atom stereocenters. The van der Waals surface area contributed by atoms with Crippen molar-refractivity contribution in [3.8, 4) is 5.75 Å². The van der Waals surface area contributed by atoms with Crippen molar-refractivity contribution in [2.75, 3.05) is 26.2 Å². The van der Waals surface area contributed by atoms with Crippen LogP contribution < -0.4 is 10.1 Å². The molecule has 0 saturated carbocycles. The summed E-state index contributed by atoms with van der Waals surface area (Å²) in [4.78, 5) is 14.8. The Balaban J connectivity index is 1.16. The van der Waals surface area contributed by atoms with E-state index in [-0.39, 0.29) is 17.8 Å². The number of ether oxygens (including phenoxy) is 1. The molecule has 2 saturated heterocycles. The Kier molecular flexibility index (Phi) is 6.08. The predicted molar refractivity (Wildman–Crippen MR) is 130 cm³/mol. The van der Waals surface area contributed by atoms with Gasteiger partial charge in [0.15, 0.2) is 11.6 Å². The Morgan fingerprint density at radius 2 is 2.06 bits per heavy atom. The number of fused-ring (bicyclic) bond motifs is 3. The average molecular weight is 477 g/mol. The first-order valence-electron chi connectivity index (χ1n) is 12.3. The van der Waals surface area contributed by atoms with Crippen LogP contribution in [0.5, 0.6) is 5.75 Å². The van der Waals surface area contributed by atoms with Crippen LogP contribution in [0, 0.1) is 17.6 Å². The highest BCUT2D eigenvalue weighted by Crippen LogP contribution is 2.37. The molecule has 0 spiro atoms. The van der Waals surface area contributed by atoms with E-state index in [0.717, 1.165) is 67.9 Å². The number of aromatic amines is 1. The molecule has 1 N–H and O–H groups in total. The minimum Gasteiger partial charge on any atom is -0.490 e. The van der Waals surface area contributed by atoms with E-state index in [4.69, 9.17) is 10.1 Å². The van der Waals surface area contributed by atoms with Crippen molar-refractivity contribution in [2.45, 2.75) is 37.8 Å². The Bertz CT molecular complexity index is 1340. The Labute approximate surface area is 202 Å². The zero-order chi connectivity index (χ0) is 23.8. The molecule has 3 unspecified atom stereocenters. The van der Waals surface area contributed by atoms with Gasteiger partial charge in [0.05, 0.1) is 24.5 Å². The quantitative estimate of drug-likeness (QED) is 0.441. The van der Waals surface area contributed by atoms with Gasteiger partial charge in [-0.1, -0.05) is 0 Å². The predicted octanol–water partition coefficient (Wildman–Crippen LogP) is 4.99. The van der Waals surface area contributed by atoms with E-state index < -0.39 is 11.6 Å². The van der Waals surface area contributed by atoms with Gasteiger partial charge in [-0.05, 0) is 68.0 Å². The van der Waals surface area contributed by atoms with Crippen LogP contribution in [-0.2, 0) is 0 Å². The summed E-state index contributed by atoms with van der Waals surface area (Å²) in [5, 5.41) is 7.30. The van der Waals surface area contributed by atoms with Gasteiger partial charge in [-0.3, -0.25) is 9.88 Å². The van der Waals surface area contributed by atoms with Crippen LogP contribution in [0.3, 0.4) is 0 Å². The molecule has 4 aromatic rings. The van der Waals surface area contributed by atoms with Crippen LogP contribution in [0.15, 0.2) is 48.9 Å². The van der Waals surface area contributed by atoms with Crippen LogP contribution in [0.4, 0.5) is 8.78 Å². The highest BCUT2D eigenvalue weighted by atomic mass is 19.1. The van der Waals surface area contributed by atoms with Crippen molar-refractivity contribution in [2.24, 2.45) is 5.92 Å². The number of pyridine rings is 2. The maximum absolute atomic E-state index is 14.0. The van der Waals surface area contributed by atoms with Crippen LogP contribution in [-0.4, -0.2) is 52.3 Å². The van der Waals surface area contributed by atoms with Gasteiger partial charge in [0, 0.05) is 48.2 Å². The first-order chi connectivity index (χ1) is 17.2. The van der Waals surface area contributed by atoms with E-state index in [1.807, 2.05) is 18.6 Å². The molecule has 2 aliphatic rings. The van der Waals surface area contributed by atoms with Gasteiger partial charge < -0.3 is 9.72 Å². The van der Waals surface area contributed by atoms with Crippen molar-refractivity contribution in [3.63, 3.8) is 0 Å². The molecule has 0 aliphatic carbocycles. The van der Waals surface area contributed by atoms with Crippen LogP contribution >= 0.6 is 0 Å². The van der Waals surface area contributed by atoms with E-state index in [2.05, 4.69) is 32.0 Å². The van der Waals surface area contributed by atoms with Crippen molar-refractivity contribution in [3.05, 3.63) is 66.1 Å². The number of aromatic nitrogens is 3. The maximum atomic E-state index is 14.0. The fourth-order valence-electron chi connectivity index (χ4n) is 5.70. The second-order valence-electron chi connectivity index (χ2n) is 9.66. The lowest BCUT2D eigenvalue weighted by Gasteiger charge is -2.41. The van der Waals surface area contributed by atoms with Gasteiger partial charge in [-0.15, -0.1) is 0 Å². The number of likely N-dealkylation sites (tertiary alicyclic amines) is 1. The van der Waals surface area contributed by atoms with E-state index in [0.29, 0.717) is 12.5 Å². The number of benzene rings is 1. The lowest BCUT2D eigenvalue weighted by Crippen LogP contribution is -2.50. The minimum atomic E-state index is -0.654. The number of rotatable bonds is 5. The summed E-state index contributed by atoms with van der Waals surface area (Å²) in [6.07, 6.45) is 9.91. The Morgan fingerprint density at radius 1 is 1.11 bits per heavy atom. The zero-order valence-corrected chi connectivity index (χ0v) is 19.5. The smallest absolute Gasteiger partial charge is 0.167 e. The maximum Gasteiger partial charge on any atom is 0.167 e. The number of nitrogens with one attached hydrogen (secondary N) is 1. The summed E-state index contributed by atoms with van der Waals surface area (Å²) in [7, 11) is 0. The molecular formula is C27H28F2N5O. The third kappa shape index (κ3) is 4.48. The summed E-state index contributed by atoms with van der Waals surface area (Å²) in [5.41, 5.74) is 3.14. The number of hydrogen-bond donors (Lipinski definition) is 1. The molecule has 0 amide bonds. The van der Waals surface area contributed by atoms with E-state index in [1.165, 1.54) is 23.1 Å². The zero-order valence-electron chi connectivity index (χ0n) is 19.5. The largest absolute Gasteiger partial charge is 0.490 e. The SMILES string of the molecule is Fc1ccc(OCC2CCCN(C3CC(c4ccnc5cnc6[nH]ccc6c45)CC[N]3)C2)c(F)c1. The van der Waals surface area contributed by atoms with Gasteiger partial charge in [-0.2, -0.15) is 0 Å². The molecule has 3 aromatic heterocycles. The standard InChI is InChI=1S/C27H28F2N5O/c28-19-3-4-24(22(29)13-19)35-16-17-2-1-11-34(15-17)25-12-18(5-8-31-25)20-6-9-30-23-14-33-27-21(26(20)23)7-10-32-27/h3-4,6-7,9-10,13-14,17-18,25H,1-2,5,8,11-12,15-16H2,(H,32,33). The minimum absolute atomic E-state index is 0.112. The van der Waals surface area contributed by atoms with Gasteiger partial charge in [-0.25, -0.2) is 19.1 Å². The summed E-state index contributed by atoms with van der Waals surface area (Å²) < 4.78 is 32.9. The topological polar surface area (TPSA) is 68.1 Å². The molecular weight excluding hydrogens is 448 g/mol. The van der Waals surface area contributed by atoms with Gasteiger partial charge >= 0.3 is 0 Å². The van der Waals surface area contributed by atoms with E-state index >= 15 is 0 Å². The highest BCUT2D eigenvalue weighted by molar-refractivity contribution is 6.05. The number of H-pyrrole nitrogens is 1. The molecule has 1 radical (unpaired) electrons. The first kappa shape index (κ1) is 22.4. The lowest BCUT2D eigenvalue weighted by atomic mass is 9.85. The van der Waals surface area contributed by atoms with Crippen molar-refractivity contribution in [1.82, 2.24) is 25.2 Å². The first-order valence-corrected chi connectivity index (χ1v) is 12.3. The number of nitrogens with zero attached hydrogens (tertiary/aromatic N) is 4. The highest BCUT2D eigenvalue weighted by Gasteiger charge is 2.32. The molecule has 6 rings (SSSR count). The molecule has 5 heterocycles. The van der Waals surface area contributed by atoms with Crippen molar-refractivity contribution < 1.29 is 13.5 Å². The van der Waals surface area contributed by atoms with Crippen molar-refractivity contribution >= 4 is 21.9 Å². The van der Waals surface area contributed by atoms with Crippen LogP contribution in [0.1, 0.15) is 37.2 Å². The molecule has 2 aliphatic heterocycles. The molecule has 35 heavy (non-hydrogen) atoms. The fraction of sp³-hybridized carbons (Fsp3) is 0.407. The third-order valence-electron chi connectivity index (χ3n) is 7.42. The fourth-order valence-corrected chi connectivity index (χ4v) is 5.70. The summed E-state index contributed by atoms with van der Waals surface area (Å²) in [6, 6.07) is 7.70. The van der Waals surface area contributed by atoms with Gasteiger partial charge in [0.2, 0.25) is 0 Å². The van der Waals surface area contributed by atoms with E-state index in [1.54, 1.807) is 0 Å². The van der Waals surface area contributed by atoms with Crippen LogP contribution in [0.25, 0.3) is 21.9 Å². The normalized spacial score (nSPS) is 23.7. The molecule has 6 nitrogen and oxygen atoms in total. The number of halogens is 2. The lowest BCUT2D eigenvalue weighted by molar-refractivity contribution is 0.0597. The van der Waals surface area contributed by atoms with Crippen LogP contribution in [0.2, 0.25) is 0 Å². The second kappa shape index (κ2) is 9.51. The van der Waals surface area contributed by atoms with Crippen molar-refractivity contribution in [1.29, 1.82) is 0 Å². The molecule has 181 valence electrons. The monoisotopic (exact) mass is 476 g/mol. The molecule has 1 aromatic carbocycles. The Morgan fingerprint density at radius 3 is 2.97 bits per heavy atom. The van der Waals surface area contributed by atoms with Gasteiger partial charge in [0.1, 0.15) is 11.5 Å². The van der Waals surface area contributed by atoms with Gasteiger partial charge in [0.25, 0.3) is 0 Å². The second-order valence-corrected chi connectivity index (χ2v) is 9.66. The molecule has 2 fully saturated rings.